The second kappa shape index (κ2) is 8.69. The van der Waals surface area contributed by atoms with Gasteiger partial charge in [-0.1, -0.05) is 41.9 Å². The number of amides is 1. The first-order valence-corrected chi connectivity index (χ1v) is 9.12. The Morgan fingerprint density at radius 1 is 1.07 bits per heavy atom. The molecule has 27 heavy (non-hydrogen) atoms. The Balaban J connectivity index is 1.77. The highest BCUT2D eigenvalue weighted by molar-refractivity contribution is 6.30. The van der Waals surface area contributed by atoms with Crippen molar-refractivity contribution in [3.63, 3.8) is 0 Å². The number of aryl methyl sites for hydroxylation is 1. The third-order valence-electron chi connectivity index (χ3n) is 4.33. The molecule has 5 heteroatoms. The predicted octanol–water partition coefficient (Wildman–Crippen LogP) is 4.59. The van der Waals surface area contributed by atoms with Crippen LogP contribution in [0.4, 0.5) is 0 Å². The van der Waals surface area contributed by atoms with E-state index in [4.69, 9.17) is 11.6 Å². The van der Waals surface area contributed by atoms with Crippen LogP contribution in [0, 0.1) is 6.92 Å². The molecule has 138 valence electrons. The van der Waals surface area contributed by atoms with E-state index in [1.165, 1.54) is 0 Å². The van der Waals surface area contributed by atoms with Gasteiger partial charge in [-0.15, -0.1) is 0 Å². The fourth-order valence-electron chi connectivity index (χ4n) is 3.04. The molecular formula is C22H21ClN2O2. The Bertz CT molecular complexity index is 897. The summed E-state index contributed by atoms with van der Waals surface area (Å²) >= 11 is 6.14. The van der Waals surface area contributed by atoms with Gasteiger partial charge in [0.1, 0.15) is 5.75 Å². The average Bonchev–Trinajstić information content (AvgIpc) is 2.64. The van der Waals surface area contributed by atoms with E-state index in [9.17, 15) is 9.90 Å². The number of phenols is 1. The quantitative estimate of drug-likeness (QED) is 0.657. The van der Waals surface area contributed by atoms with Crippen molar-refractivity contribution in [2.75, 3.05) is 0 Å². The largest absolute Gasteiger partial charge is 0.508 e. The van der Waals surface area contributed by atoms with Crippen molar-refractivity contribution in [3.05, 3.63) is 94.3 Å². The topological polar surface area (TPSA) is 62.2 Å². The van der Waals surface area contributed by atoms with Crippen molar-refractivity contribution < 1.29 is 9.90 Å². The first-order valence-electron chi connectivity index (χ1n) is 8.75. The Hall–Kier alpha value is -2.85. The number of hydrogen-bond donors (Lipinski definition) is 2. The highest BCUT2D eigenvalue weighted by Crippen LogP contribution is 2.31. The molecule has 0 aliphatic carbocycles. The second-order valence-electron chi connectivity index (χ2n) is 6.45. The fraction of sp³-hybridized carbons (Fsp3) is 0.182. The summed E-state index contributed by atoms with van der Waals surface area (Å²) in [7, 11) is 0. The minimum Gasteiger partial charge on any atom is -0.508 e. The van der Waals surface area contributed by atoms with Gasteiger partial charge in [0.25, 0.3) is 0 Å². The fourth-order valence-corrected chi connectivity index (χ4v) is 3.24. The highest BCUT2D eigenvalue weighted by atomic mass is 35.5. The van der Waals surface area contributed by atoms with Crippen LogP contribution in [0.25, 0.3) is 0 Å². The Kier molecular flexibility index (Phi) is 6.09. The van der Waals surface area contributed by atoms with Crippen molar-refractivity contribution in [1.29, 1.82) is 0 Å². The third kappa shape index (κ3) is 5.31. The van der Waals surface area contributed by atoms with Crippen molar-refractivity contribution in [1.82, 2.24) is 10.3 Å². The molecule has 0 fully saturated rings. The molecule has 1 aromatic heterocycles. The van der Waals surface area contributed by atoms with E-state index in [-0.39, 0.29) is 24.0 Å². The zero-order valence-corrected chi connectivity index (χ0v) is 15.8. The lowest BCUT2D eigenvalue weighted by molar-refractivity contribution is -0.121. The van der Waals surface area contributed by atoms with Gasteiger partial charge in [0.05, 0.1) is 12.2 Å². The van der Waals surface area contributed by atoms with Gasteiger partial charge in [-0.05, 0) is 54.4 Å². The van der Waals surface area contributed by atoms with Crippen LogP contribution in [0.15, 0.2) is 66.7 Å². The van der Waals surface area contributed by atoms with E-state index >= 15 is 0 Å². The van der Waals surface area contributed by atoms with Crippen molar-refractivity contribution >= 4 is 17.5 Å². The second-order valence-corrected chi connectivity index (χ2v) is 6.89. The van der Waals surface area contributed by atoms with Crippen LogP contribution >= 0.6 is 11.6 Å². The first kappa shape index (κ1) is 18.9. The molecule has 0 spiro atoms. The summed E-state index contributed by atoms with van der Waals surface area (Å²) in [6, 6.07) is 20.2. The molecule has 0 aliphatic heterocycles. The number of carbonyl (C=O) groups is 1. The lowest BCUT2D eigenvalue weighted by Gasteiger charge is -2.18. The number of nitrogens with one attached hydrogen (secondary N) is 1. The van der Waals surface area contributed by atoms with Crippen LogP contribution in [0.3, 0.4) is 0 Å². The molecule has 0 saturated heterocycles. The average molecular weight is 381 g/mol. The number of carbonyl (C=O) groups excluding carboxylic acids is 1. The smallest absolute Gasteiger partial charge is 0.221 e. The zero-order chi connectivity index (χ0) is 19.2. The number of phenolic OH excluding ortho intramolecular Hbond substituents is 1. The van der Waals surface area contributed by atoms with E-state index in [2.05, 4.69) is 10.3 Å². The van der Waals surface area contributed by atoms with Gasteiger partial charge in [0, 0.05) is 23.1 Å². The number of aromatic hydroxyl groups is 1. The molecule has 0 unspecified atom stereocenters. The summed E-state index contributed by atoms with van der Waals surface area (Å²) < 4.78 is 0. The minimum atomic E-state index is -0.207. The van der Waals surface area contributed by atoms with Crippen LogP contribution in [0.1, 0.15) is 34.9 Å². The molecule has 3 rings (SSSR count). The lowest BCUT2D eigenvalue weighted by Crippen LogP contribution is -2.25. The molecule has 3 aromatic rings. The molecule has 2 N–H and O–H groups in total. The Morgan fingerprint density at radius 3 is 2.48 bits per heavy atom. The molecule has 0 bridgehead atoms. The standard InChI is InChI=1S/C22H21ClN2O2/c1-15-5-2-9-19(25-15)14-24-22(27)13-21(16-6-3-8-18(23)11-16)17-7-4-10-20(26)12-17/h2-12,21,26H,13-14H2,1H3,(H,24,27)/t21-/m1/s1. The Labute approximate surface area is 163 Å². The highest BCUT2D eigenvalue weighted by Gasteiger charge is 2.19. The summed E-state index contributed by atoms with van der Waals surface area (Å²) in [4.78, 5) is 17.0. The van der Waals surface area contributed by atoms with Crippen LogP contribution < -0.4 is 5.32 Å². The van der Waals surface area contributed by atoms with Crippen LogP contribution in [-0.4, -0.2) is 16.0 Å². The summed E-state index contributed by atoms with van der Waals surface area (Å²) in [5, 5.41) is 13.4. The van der Waals surface area contributed by atoms with Gasteiger partial charge in [-0.25, -0.2) is 0 Å². The number of rotatable bonds is 6. The maximum Gasteiger partial charge on any atom is 0.221 e. The number of hydrogen-bond acceptors (Lipinski definition) is 3. The van der Waals surface area contributed by atoms with Gasteiger partial charge in [-0.2, -0.15) is 0 Å². The zero-order valence-electron chi connectivity index (χ0n) is 15.0. The van der Waals surface area contributed by atoms with Crippen LogP contribution in [0.2, 0.25) is 5.02 Å². The van der Waals surface area contributed by atoms with E-state index in [1.807, 2.05) is 49.4 Å². The van der Waals surface area contributed by atoms with Gasteiger partial charge < -0.3 is 10.4 Å². The normalized spacial score (nSPS) is 11.8. The predicted molar refractivity (Wildman–Crippen MR) is 107 cm³/mol. The van der Waals surface area contributed by atoms with Gasteiger partial charge in [-0.3, -0.25) is 9.78 Å². The lowest BCUT2D eigenvalue weighted by atomic mass is 9.88. The minimum absolute atomic E-state index is 0.0911. The van der Waals surface area contributed by atoms with Gasteiger partial charge >= 0.3 is 0 Å². The van der Waals surface area contributed by atoms with Crippen molar-refractivity contribution in [2.45, 2.75) is 25.8 Å². The van der Waals surface area contributed by atoms with Crippen molar-refractivity contribution in [2.24, 2.45) is 0 Å². The molecular weight excluding hydrogens is 360 g/mol. The summed E-state index contributed by atoms with van der Waals surface area (Å²) in [6.07, 6.45) is 0.246. The Morgan fingerprint density at radius 2 is 1.78 bits per heavy atom. The molecule has 1 heterocycles. The number of nitrogens with zero attached hydrogens (tertiary/aromatic N) is 1. The van der Waals surface area contributed by atoms with Crippen LogP contribution in [-0.2, 0) is 11.3 Å². The summed E-state index contributed by atoms with van der Waals surface area (Å²) in [5.74, 6) is -0.128. The monoisotopic (exact) mass is 380 g/mol. The number of pyridine rings is 1. The maximum absolute atomic E-state index is 12.6. The van der Waals surface area contributed by atoms with Gasteiger partial charge in [0.2, 0.25) is 5.91 Å². The third-order valence-corrected chi connectivity index (χ3v) is 4.56. The maximum atomic E-state index is 12.6. The van der Waals surface area contributed by atoms with E-state index in [0.717, 1.165) is 22.5 Å². The molecule has 0 aliphatic rings. The first-order chi connectivity index (χ1) is 13.0. The molecule has 2 aromatic carbocycles. The summed E-state index contributed by atoms with van der Waals surface area (Å²) in [6.45, 7) is 2.30. The van der Waals surface area contributed by atoms with Gasteiger partial charge in [0.15, 0.2) is 0 Å². The van der Waals surface area contributed by atoms with Crippen LogP contribution in [0.5, 0.6) is 5.75 Å². The van der Waals surface area contributed by atoms with Crippen molar-refractivity contribution in [3.8, 4) is 5.75 Å². The number of aromatic nitrogens is 1. The van der Waals surface area contributed by atoms with E-state index < -0.39 is 0 Å². The molecule has 0 saturated carbocycles. The van der Waals surface area contributed by atoms with E-state index in [1.54, 1.807) is 24.3 Å². The molecule has 0 radical (unpaired) electrons. The van der Waals surface area contributed by atoms with E-state index in [0.29, 0.717) is 11.6 Å². The number of benzene rings is 2. The SMILES string of the molecule is Cc1cccc(CNC(=O)C[C@@H](c2cccc(O)c2)c2cccc(Cl)c2)n1. The summed E-state index contributed by atoms with van der Waals surface area (Å²) in [5.41, 5.74) is 3.52. The number of halogens is 1. The molecule has 1 atom stereocenters. The molecule has 1 amide bonds. The molecule has 4 nitrogen and oxygen atoms in total.